The molecule has 24 heavy (non-hydrogen) atoms. The molecular formula is C17H23F2N3O2. The van der Waals surface area contributed by atoms with Crippen LogP contribution in [0.25, 0.3) is 0 Å². The standard InChI is InChI=1S/C17H23F2N3O2/c1-20-16(22-7-5-17(11-22)6-8-23-12-17)21-10-13-3-2-4-14(9-13)24-15(18)19/h2-4,9,15H,5-8,10-12H2,1H3,(H,20,21). The monoisotopic (exact) mass is 339 g/mol. The van der Waals surface area contributed by atoms with Crippen LogP contribution in [-0.2, 0) is 11.3 Å². The molecule has 0 aliphatic carbocycles. The highest BCUT2D eigenvalue weighted by Crippen LogP contribution is 2.38. The topological polar surface area (TPSA) is 46.1 Å². The van der Waals surface area contributed by atoms with Gasteiger partial charge in [0.2, 0.25) is 0 Å². The summed E-state index contributed by atoms with van der Waals surface area (Å²) < 4.78 is 34.6. The predicted octanol–water partition coefficient (Wildman–Crippen LogP) is 2.48. The minimum absolute atomic E-state index is 0.169. The summed E-state index contributed by atoms with van der Waals surface area (Å²) in [6.07, 6.45) is 2.22. The molecular weight excluding hydrogens is 316 g/mol. The van der Waals surface area contributed by atoms with E-state index in [-0.39, 0.29) is 11.2 Å². The van der Waals surface area contributed by atoms with E-state index in [9.17, 15) is 8.78 Å². The molecule has 1 unspecified atom stereocenters. The van der Waals surface area contributed by atoms with Crippen LogP contribution in [0.4, 0.5) is 8.78 Å². The number of alkyl halides is 2. The third-order valence-electron chi connectivity index (χ3n) is 4.71. The Balaban J connectivity index is 1.57. The first-order valence-corrected chi connectivity index (χ1v) is 8.17. The summed E-state index contributed by atoms with van der Waals surface area (Å²) in [5, 5.41) is 3.31. The van der Waals surface area contributed by atoms with Crippen LogP contribution in [0.15, 0.2) is 29.3 Å². The van der Waals surface area contributed by atoms with Gasteiger partial charge in [0.1, 0.15) is 5.75 Å². The third kappa shape index (κ3) is 3.95. The maximum Gasteiger partial charge on any atom is 0.387 e. The highest BCUT2D eigenvalue weighted by molar-refractivity contribution is 5.80. The lowest BCUT2D eigenvalue weighted by atomic mass is 9.87. The average Bonchev–Trinajstić information content (AvgIpc) is 3.18. The highest BCUT2D eigenvalue weighted by Gasteiger charge is 2.42. The van der Waals surface area contributed by atoms with Gasteiger partial charge < -0.3 is 19.7 Å². The van der Waals surface area contributed by atoms with Crippen molar-refractivity contribution in [1.82, 2.24) is 10.2 Å². The molecule has 2 saturated heterocycles. The smallest absolute Gasteiger partial charge is 0.387 e. The van der Waals surface area contributed by atoms with Gasteiger partial charge >= 0.3 is 6.61 Å². The second-order valence-electron chi connectivity index (χ2n) is 6.40. The lowest BCUT2D eigenvalue weighted by Crippen LogP contribution is -2.41. The average molecular weight is 339 g/mol. The van der Waals surface area contributed by atoms with Crippen LogP contribution in [-0.4, -0.2) is 50.8 Å². The molecule has 0 bridgehead atoms. The molecule has 0 amide bonds. The minimum atomic E-state index is -2.81. The van der Waals surface area contributed by atoms with E-state index in [2.05, 4.69) is 19.9 Å². The number of hydrogen-bond acceptors (Lipinski definition) is 3. The number of halogens is 2. The fourth-order valence-electron chi connectivity index (χ4n) is 3.43. The van der Waals surface area contributed by atoms with Gasteiger partial charge in [0.15, 0.2) is 5.96 Å². The number of nitrogens with zero attached hydrogens (tertiary/aromatic N) is 2. The zero-order valence-corrected chi connectivity index (χ0v) is 13.8. The van der Waals surface area contributed by atoms with Crippen LogP contribution in [0.3, 0.4) is 0 Å². The Bertz CT molecular complexity index is 589. The summed E-state index contributed by atoms with van der Waals surface area (Å²) in [5.41, 5.74) is 1.13. The van der Waals surface area contributed by atoms with Gasteiger partial charge in [0.25, 0.3) is 0 Å². The van der Waals surface area contributed by atoms with Crippen molar-refractivity contribution in [3.63, 3.8) is 0 Å². The summed E-state index contributed by atoms with van der Waals surface area (Å²) >= 11 is 0. The van der Waals surface area contributed by atoms with E-state index in [0.29, 0.717) is 6.54 Å². The highest BCUT2D eigenvalue weighted by atomic mass is 19.3. The van der Waals surface area contributed by atoms with E-state index >= 15 is 0 Å². The molecule has 1 N–H and O–H groups in total. The Labute approximate surface area is 140 Å². The van der Waals surface area contributed by atoms with Crippen molar-refractivity contribution in [3.05, 3.63) is 29.8 Å². The van der Waals surface area contributed by atoms with Crippen molar-refractivity contribution < 1.29 is 18.3 Å². The van der Waals surface area contributed by atoms with E-state index in [1.807, 2.05) is 6.07 Å². The normalized spacial score (nSPS) is 24.2. The summed E-state index contributed by atoms with van der Waals surface area (Å²) in [4.78, 5) is 6.59. The van der Waals surface area contributed by atoms with Crippen molar-refractivity contribution in [2.24, 2.45) is 10.4 Å². The van der Waals surface area contributed by atoms with Crippen LogP contribution in [0.2, 0.25) is 0 Å². The van der Waals surface area contributed by atoms with E-state index in [1.54, 1.807) is 19.2 Å². The number of aliphatic imine (C=N–C) groups is 1. The van der Waals surface area contributed by atoms with Crippen molar-refractivity contribution in [1.29, 1.82) is 0 Å². The maximum atomic E-state index is 12.3. The fraction of sp³-hybridized carbons (Fsp3) is 0.588. The number of ether oxygens (including phenoxy) is 2. The van der Waals surface area contributed by atoms with E-state index < -0.39 is 6.61 Å². The summed E-state index contributed by atoms with van der Waals surface area (Å²) in [6.45, 7) is 1.27. The van der Waals surface area contributed by atoms with Gasteiger partial charge in [-0.15, -0.1) is 0 Å². The quantitative estimate of drug-likeness (QED) is 0.676. The van der Waals surface area contributed by atoms with Crippen molar-refractivity contribution in [3.8, 4) is 5.75 Å². The fourth-order valence-corrected chi connectivity index (χ4v) is 3.43. The number of nitrogens with one attached hydrogen (secondary N) is 1. The molecule has 2 aliphatic heterocycles. The molecule has 132 valence electrons. The number of benzene rings is 1. The Morgan fingerprint density at radius 1 is 1.46 bits per heavy atom. The largest absolute Gasteiger partial charge is 0.435 e. The molecule has 0 saturated carbocycles. The second-order valence-corrected chi connectivity index (χ2v) is 6.40. The summed E-state index contributed by atoms with van der Waals surface area (Å²) in [6, 6.07) is 6.71. The first-order valence-electron chi connectivity index (χ1n) is 8.17. The van der Waals surface area contributed by atoms with Crippen LogP contribution in [0.5, 0.6) is 5.75 Å². The molecule has 0 radical (unpaired) electrons. The SMILES string of the molecule is CN=C(NCc1cccc(OC(F)F)c1)N1CCC2(CCOC2)C1. The summed E-state index contributed by atoms with van der Waals surface area (Å²) in [7, 11) is 1.76. The van der Waals surface area contributed by atoms with Gasteiger partial charge in [0.05, 0.1) is 6.61 Å². The van der Waals surface area contributed by atoms with Crippen LogP contribution >= 0.6 is 0 Å². The zero-order chi connectivity index (χ0) is 17.0. The van der Waals surface area contributed by atoms with Crippen molar-refractivity contribution in [2.45, 2.75) is 26.0 Å². The molecule has 2 aliphatic rings. The molecule has 2 heterocycles. The van der Waals surface area contributed by atoms with Crippen LogP contribution < -0.4 is 10.1 Å². The zero-order valence-electron chi connectivity index (χ0n) is 13.8. The lowest BCUT2D eigenvalue weighted by Gasteiger charge is -2.25. The molecule has 1 spiro atoms. The van der Waals surface area contributed by atoms with E-state index in [0.717, 1.165) is 50.7 Å². The maximum absolute atomic E-state index is 12.3. The van der Waals surface area contributed by atoms with E-state index in [1.165, 1.54) is 6.07 Å². The van der Waals surface area contributed by atoms with Gasteiger partial charge in [-0.05, 0) is 30.5 Å². The number of guanidine groups is 1. The molecule has 7 heteroatoms. The van der Waals surface area contributed by atoms with Gasteiger partial charge in [-0.2, -0.15) is 8.78 Å². The number of likely N-dealkylation sites (tertiary alicyclic amines) is 1. The van der Waals surface area contributed by atoms with E-state index in [4.69, 9.17) is 4.74 Å². The minimum Gasteiger partial charge on any atom is -0.435 e. The van der Waals surface area contributed by atoms with Gasteiger partial charge in [-0.3, -0.25) is 4.99 Å². The first kappa shape index (κ1) is 17.0. The Kier molecular flexibility index (Phi) is 5.18. The van der Waals surface area contributed by atoms with Crippen LogP contribution in [0, 0.1) is 5.41 Å². The van der Waals surface area contributed by atoms with Crippen LogP contribution in [0.1, 0.15) is 18.4 Å². The van der Waals surface area contributed by atoms with Gasteiger partial charge in [-0.25, -0.2) is 0 Å². The number of hydrogen-bond donors (Lipinski definition) is 1. The molecule has 5 nitrogen and oxygen atoms in total. The summed E-state index contributed by atoms with van der Waals surface area (Å²) in [5.74, 6) is 1.00. The first-order chi connectivity index (χ1) is 11.6. The Morgan fingerprint density at radius 3 is 3.04 bits per heavy atom. The molecule has 0 aromatic heterocycles. The molecule has 1 atom stereocenters. The molecule has 3 rings (SSSR count). The van der Waals surface area contributed by atoms with Gasteiger partial charge in [-0.1, -0.05) is 12.1 Å². The second kappa shape index (κ2) is 7.34. The Morgan fingerprint density at radius 2 is 2.33 bits per heavy atom. The van der Waals surface area contributed by atoms with Gasteiger partial charge in [0, 0.05) is 38.7 Å². The Hall–Kier alpha value is -1.89. The molecule has 2 fully saturated rings. The molecule has 1 aromatic carbocycles. The van der Waals surface area contributed by atoms with Crippen molar-refractivity contribution in [2.75, 3.05) is 33.4 Å². The molecule has 1 aromatic rings. The predicted molar refractivity (Wildman–Crippen MR) is 87.3 cm³/mol. The third-order valence-corrected chi connectivity index (χ3v) is 4.71. The lowest BCUT2D eigenvalue weighted by molar-refractivity contribution is -0.0498. The van der Waals surface area contributed by atoms with Crippen molar-refractivity contribution >= 4 is 5.96 Å². The number of rotatable bonds is 4.